The fraction of sp³-hybridized carbons (Fsp3) is 0.318. The minimum atomic E-state index is -4.39. The van der Waals surface area contributed by atoms with E-state index >= 15 is 0 Å². The number of hydrogen-bond acceptors (Lipinski definition) is 4. The number of rotatable bonds is 2. The van der Waals surface area contributed by atoms with Crippen LogP contribution in [0.1, 0.15) is 23.6 Å². The van der Waals surface area contributed by atoms with Gasteiger partial charge in [0.1, 0.15) is 10.7 Å². The van der Waals surface area contributed by atoms with E-state index in [1.54, 1.807) is 25.1 Å². The summed E-state index contributed by atoms with van der Waals surface area (Å²) in [5.74, 6) is 0.416. The van der Waals surface area contributed by atoms with Crippen molar-refractivity contribution in [3.8, 4) is 0 Å². The van der Waals surface area contributed by atoms with Gasteiger partial charge in [0.15, 0.2) is 0 Å². The van der Waals surface area contributed by atoms with Gasteiger partial charge in [0, 0.05) is 37.4 Å². The summed E-state index contributed by atoms with van der Waals surface area (Å²) in [5, 5.41) is 0. The lowest BCUT2D eigenvalue weighted by Gasteiger charge is -2.37. The summed E-state index contributed by atoms with van der Waals surface area (Å²) in [7, 11) is -3.80. The zero-order valence-electron chi connectivity index (χ0n) is 17.1. The second-order valence-electron chi connectivity index (χ2n) is 7.73. The summed E-state index contributed by atoms with van der Waals surface area (Å²) >= 11 is 0. The Morgan fingerprint density at radius 2 is 1.52 bits per heavy atom. The molecule has 0 radical (unpaired) electrons. The SMILES string of the molecule is CC1=C(c2ccc(C)cc2)S(=O)(=O)N=C1N1CCN(c2cccc(C(F)(F)F)c2)CC1. The van der Waals surface area contributed by atoms with Crippen molar-refractivity contribution < 1.29 is 21.6 Å². The number of sulfonamides is 1. The molecule has 0 saturated carbocycles. The molecule has 164 valence electrons. The molecule has 2 aliphatic rings. The largest absolute Gasteiger partial charge is 0.416 e. The topological polar surface area (TPSA) is 53.0 Å². The van der Waals surface area contributed by atoms with Gasteiger partial charge < -0.3 is 9.80 Å². The number of piperazine rings is 1. The summed E-state index contributed by atoms with van der Waals surface area (Å²) in [6, 6.07) is 12.5. The molecule has 4 rings (SSSR count). The molecule has 0 spiro atoms. The second-order valence-corrected chi connectivity index (χ2v) is 9.27. The third-order valence-corrected chi connectivity index (χ3v) is 7.04. The van der Waals surface area contributed by atoms with E-state index in [1.165, 1.54) is 6.07 Å². The second kappa shape index (κ2) is 7.71. The molecule has 0 aliphatic carbocycles. The zero-order valence-corrected chi connectivity index (χ0v) is 18.0. The highest BCUT2D eigenvalue weighted by molar-refractivity contribution is 8.00. The zero-order chi connectivity index (χ0) is 22.4. The summed E-state index contributed by atoms with van der Waals surface area (Å²) in [6.07, 6.45) is -4.39. The summed E-state index contributed by atoms with van der Waals surface area (Å²) < 4.78 is 68.5. The predicted octanol–water partition coefficient (Wildman–Crippen LogP) is 4.31. The monoisotopic (exact) mass is 449 g/mol. The average molecular weight is 449 g/mol. The first kappa shape index (κ1) is 21.4. The van der Waals surface area contributed by atoms with Gasteiger partial charge >= 0.3 is 6.18 Å². The summed E-state index contributed by atoms with van der Waals surface area (Å²) in [4.78, 5) is 3.97. The lowest BCUT2D eigenvalue weighted by atomic mass is 10.1. The third-order valence-electron chi connectivity index (χ3n) is 5.57. The minimum absolute atomic E-state index is 0.211. The number of benzene rings is 2. The summed E-state index contributed by atoms with van der Waals surface area (Å²) in [6.45, 7) is 5.53. The van der Waals surface area contributed by atoms with Crippen molar-refractivity contribution in [1.29, 1.82) is 0 Å². The Morgan fingerprint density at radius 1 is 0.903 bits per heavy atom. The minimum Gasteiger partial charge on any atom is -0.368 e. The van der Waals surface area contributed by atoms with Crippen LogP contribution in [0.15, 0.2) is 58.5 Å². The highest BCUT2D eigenvalue weighted by atomic mass is 32.2. The maximum Gasteiger partial charge on any atom is 0.416 e. The van der Waals surface area contributed by atoms with Crippen LogP contribution in [0.25, 0.3) is 4.91 Å². The van der Waals surface area contributed by atoms with Crippen LogP contribution in [0, 0.1) is 6.92 Å². The Morgan fingerprint density at radius 3 is 2.13 bits per heavy atom. The molecule has 0 N–H and O–H groups in total. The normalized spacial score (nSPS) is 19.1. The van der Waals surface area contributed by atoms with E-state index in [9.17, 15) is 21.6 Å². The van der Waals surface area contributed by atoms with Gasteiger partial charge in [0.25, 0.3) is 10.0 Å². The van der Waals surface area contributed by atoms with Crippen molar-refractivity contribution in [3.05, 3.63) is 70.8 Å². The van der Waals surface area contributed by atoms with Crippen molar-refractivity contribution in [3.63, 3.8) is 0 Å². The van der Waals surface area contributed by atoms with Crippen LogP contribution in [0.4, 0.5) is 18.9 Å². The van der Waals surface area contributed by atoms with Crippen LogP contribution in [-0.4, -0.2) is 45.3 Å². The average Bonchev–Trinajstić information content (AvgIpc) is 2.97. The smallest absolute Gasteiger partial charge is 0.368 e. The lowest BCUT2D eigenvalue weighted by molar-refractivity contribution is -0.137. The molecule has 5 nitrogen and oxygen atoms in total. The predicted molar refractivity (Wildman–Crippen MR) is 115 cm³/mol. The Kier molecular flexibility index (Phi) is 5.33. The van der Waals surface area contributed by atoms with Crippen LogP contribution in [0.5, 0.6) is 0 Å². The van der Waals surface area contributed by atoms with Gasteiger partial charge in [-0.1, -0.05) is 35.9 Å². The first-order chi connectivity index (χ1) is 14.6. The van der Waals surface area contributed by atoms with Gasteiger partial charge in [-0.3, -0.25) is 0 Å². The first-order valence-electron chi connectivity index (χ1n) is 9.87. The molecule has 1 saturated heterocycles. The maximum absolute atomic E-state index is 13.0. The van der Waals surface area contributed by atoms with E-state index in [-0.39, 0.29) is 4.91 Å². The van der Waals surface area contributed by atoms with Crippen LogP contribution < -0.4 is 4.90 Å². The molecule has 0 bridgehead atoms. The van der Waals surface area contributed by atoms with Gasteiger partial charge in [0.05, 0.1) is 5.56 Å². The standard InChI is InChI=1S/C22H22F3N3O2S/c1-15-6-8-17(9-7-15)20-16(2)21(26-31(20,29)30)28-12-10-27(11-13-28)19-5-3-4-18(14-19)22(23,24)25/h3-9,14H,10-13H2,1-2H3. The molecule has 2 heterocycles. The van der Waals surface area contributed by atoms with E-state index in [0.717, 1.165) is 17.7 Å². The molecule has 9 heteroatoms. The van der Waals surface area contributed by atoms with Crippen LogP contribution in [0.3, 0.4) is 0 Å². The molecule has 2 aromatic rings. The maximum atomic E-state index is 13.0. The lowest BCUT2D eigenvalue weighted by Crippen LogP contribution is -2.48. The van der Waals surface area contributed by atoms with Crippen molar-refractivity contribution in [2.24, 2.45) is 4.40 Å². The fourth-order valence-electron chi connectivity index (χ4n) is 3.94. The van der Waals surface area contributed by atoms with Crippen molar-refractivity contribution >= 4 is 26.5 Å². The number of nitrogens with zero attached hydrogens (tertiary/aromatic N) is 3. The number of hydrogen-bond donors (Lipinski definition) is 0. The Hall–Kier alpha value is -2.81. The molecule has 1 fully saturated rings. The quantitative estimate of drug-likeness (QED) is 0.686. The first-order valence-corrected chi connectivity index (χ1v) is 11.3. The molecule has 0 amide bonds. The van der Waals surface area contributed by atoms with E-state index in [4.69, 9.17) is 0 Å². The molecule has 2 aromatic carbocycles. The van der Waals surface area contributed by atoms with E-state index in [1.807, 2.05) is 28.9 Å². The number of amidine groups is 1. The number of halogens is 3. The third kappa shape index (κ3) is 4.19. The van der Waals surface area contributed by atoms with E-state index in [2.05, 4.69) is 4.40 Å². The molecular formula is C22H22F3N3O2S. The highest BCUT2D eigenvalue weighted by Gasteiger charge is 2.35. The van der Waals surface area contributed by atoms with E-state index in [0.29, 0.717) is 48.8 Å². The van der Waals surface area contributed by atoms with Gasteiger partial charge in [-0.2, -0.15) is 21.6 Å². The fourth-order valence-corrected chi connectivity index (χ4v) is 5.43. The molecule has 31 heavy (non-hydrogen) atoms. The van der Waals surface area contributed by atoms with E-state index < -0.39 is 21.8 Å². The Balaban J connectivity index is 1.53. The van der Waals surface area contributed by atoms with Gasteiger partial charge in [-0.15, -0.1) is 4.40 Å². The van der Waals surface area contributed by atoms with Crippen LogP contribution >= 0.6 is 0 Å². The van der Waals surface area contributed by atoms with Crippen molar-refractivity contribution in [2.45, 2.75) is 20.0 Å². The Labute approximate surface area is 179 Å². The van der Waals surface area contributed by atoms with Crippen molar-refractivity contribution in [2.75, 3.05) is 31.1 Å². The molecule has 2 aliphatic heterocycles. The molecule has 0 unspecified atom stereocenters. The van der Waals surface area contributed by atoms with Gasteiger partial charge in [-0.05, 0) is 37.6 Å². The summed E-state index contributed by atoms with van der Waals surface area (Å²) in [5.41, 5.74) is 2.05. The number of aryl methyl sites for hydroxylation is 1. The van der Waals surface area contributed by atoms with Gasteiger partial charge in [0.2, 0.25) is 0 Å². The number of anilines is 1. The van der Waals surface area contributed by atoms with Crippen molar-refractivity contribution in [1.82, 2.24) is 4.90 Å². The molecule has 0 aromatic heterocycles. The Bertz CT molecular complexity index is 1160. The van der Waals surface area contributed by atoms with Gasteiger partial charge in [-0.25, -0.2) is 0 Å². The molecular weight excluding hydrogens is 427 g/mol. The van der Waals surface area contributed by atoms with Crippen LogP contribution in [0.2, 0.25) is 0 Å². The highest BCUT2D eigenvalue weighted by Crippen LogP contribution is 2.35. The number of alkyl halides is 3. The molecule has 0 atom stereocenters. The van der Waals surface area contributed by atoms with Crippen LogP contribution in [-0.2, 0) is 16.2 Å².